The van der Waals surface area contributed by atoms with Crippen molar-refractivity contribution in [3.8, 4) is 5.69 Å². The summed E-state index contributed by atoms with van der Waals surface area (Å²) >= 11 is 0. The zero-order valence-corrected chi connectivity index (χ0v) is 15.2. The summed E-state index contributed by atoms with van der Waals surface area (Å²) < 4.78 is 7.44. The lowest BCUT2D eigenvalue weighted by Crippen LogP contribution is -2.23. The molecule has 6 heteroatoms. The quantitative estimate of drug-likeness (QED) is 0.787. The summed E-state index contributed by atoms with van der Waals surface area (Å²) in [5.41, 5.74) is 5.20. The number of fused-ring (bicyclic) bond motifs is 1. The van der Waals surface area contributed by atoms with Crippen LogP contribution in [0.25, 0.3) is 16.7 Å². The normalized spacial score (nSPS) is 17.0. The van der Waals surface area contributed by atoms with Crippen LogP contribution in [0.2, 0.25) is 0 Å². The molecule has 1 aliphatic rings. The molecule has 6 nitrogen and oxygen atoms in total. The first-order valence-electron chi connectivity index (χ1n) is 8.84. The maximum absolute atomic E-state index is 12.5. The van der Waals surface area contributed by atoms with Crippen LogP contribution in [0.15, 0.2) is 30.6 Å². The fourth-order valence-electron chi connectivity index (χ4n) is 3.54. The van der Waals surface area contributed by atoms with Gasteiger partial charge in [-0.25, -0.2) is 9.97 Å². The maximum atomic E-state index is 12.5. The zero-order valence-electron chi connectivity index (χ0n) is 15.2. The second-order valence-corrected chi connectivity index (χ2v) is 6.86. The number of anilines is 1. The van der Waals surface area contributed by atoms with Gasteiger partial charge >= 0.3 is 0 Å². The summed E-state index contributed by atoms with van der Waals surface area (Å²) in [6, 6.07) is 8.30. The lowest BCUT2D eigenvalue weighted by molar-refractivity contribution is -0.119. The Bertz CT molecular complexity index is 987. The first-order valence-corrected chi connectivity index (χ1v) is 8.84. The number of hydrogen-bond donors (Lipinski definition) is 1. The molecule has 1 unspecified atom stereocenters. The number of benzene rings is 1. The topological polar surface area (TPSA) is 69.0 Å². The number of aryl methyl sites for hydroxylation is 2. The number of carbonyl (C=O) groups excluding carboxylic acids is 1. The Kier molecular flexibility index (Phi) is 4.20. The number of nitrogens with zero attached hydrogens (tertiary/aromatic N) is 3. The van der Waals surface area contributed by atoms with Crippen molar-refractivity contribution in [2.24, 2.45) is 5.92 Å². The molecule has 1 N–H and O–H groups in total. The van der Waals surface area contributed by atoms with E-state index in [1.807, 2.05) is 13.0 Å². The molecular formula is C20H22N4O2. The minimum absolute atomic E-state index is 0.0390. The van der Waals surface area contributed by atoms with E-state index in [2.05, 4.69) is 51.9 Å². The molecule has 1 amide bonds. The van der Waals surface area contributed by atoms with Crippen LogP contribution in [0.4, 0.5) is 5.82 Å². The molecule has 1 aliphatic heterocycles. The molecule has 1 fully saturated rings. The molecule has 1 atom stereocenters. The monoisotopic (exact) mass is 350 g/mol. The largest absolute Gasteiger partial charge is 0.381 e. The van der Waals surface area contributed by atoms with Crippen molar-refractivity contribution in [2.45, 2.75) is 27.2 Å². The SMILES string of the molecule is Cc1cccc(-n2c(C)c(C)c3c(NC(=O)C4CCOC4)ncnc32)c1. The van der Waals surface area contributed by atoms with E-state index in [9.17, 15) is 4.79 Å². The van der Waals surface area contributed by atoms with Crippen molar-refractivity contribution >= 4 is 22.8 Å². The summed E-state index contributed by atoms with van der Waals surface area (Å²) in [7, 11) is 0. The Balaban J connectivity index is 1.82. The number of nitrogens with one attached hydrogen (secondary N) is 1. The lowest BCUT2D eigenvalue weighted by Gasteiger charge is -2.10. The van der Waals surface area contributed by atoms with Crippen LogP contribution in [-0.4, -0.2) is 33.7 Å². The van der Waals surface area contributed by atoms with Crippen molar-refractivity contribution in [1.29, 1.82) is 0 Å². The molecule has 26 heavy (non-hydrogen) atoms. The molecule has 1 aromatic carbocycles. The number of aromatic nitrogens is 3. The molecule has 2 aromatic heterocycles. The fourth-order valence-corrected chi connectivity index (χ4v) is 3.54. The minimum Gasteiger partial charge on any atom is -0.381 e. The van der Waals surface area contributed by atoms with Crippen LogP contribution >= 0.6 is 0 Å². The predicted molar refractivity (Wildman–Crippen MR) is 101 cm³/mol. The van der Waals surface area contributed by atoms with E-state index < -0.39 is 0 Å². The number of carbonyl (C=O) groups is 1. The molecule has 4 rings (SSSR count). The third kappa shape index (κ3) is 2.76. The van der Waals surface area contributed by atoms with Gasteiger partial charge in [-0.2, -0.15) is 0 Å². The van der Waals surface area contributed by atoms with Crippen LogP contribution < -0.4 is 5.32 Å². The Morgan fingerprint density at radius 3 is 2.85 bits per heavy atom. The highest BCUT2D eigenvalue weighted by Gasteiger charge is 2.25. The van der Waals surface area contributed by atoms with Crippen LogP contribution in [0, 0.1) is 26.7 Å². The highest BCUT2D eigenvalue weighted by molar-refractivity contribution is 6.01. The number of amides is 1. The van der Waals surface area contributed by atoms with Gasteiger partial charge in [0.15, 0.2) is 5.65 Å². The minimum atomic E-state index is -0.111. The molecule has 0 radical (unpaired) electrons. The van der Waals surface area contributed by atoms with Gasteiger partial charge in [-0.1, -0.05) is 12.1 Å². The van der Waals surface area contributed by atoms with E-state index in [1.54, 1.807) is 0 Å². The maximum Gasteiger partial charge on any atom is 0.231 e. The number of ether oxygens (including phenoxy) is 1. The summed E-state index contributed by atoms with van der Waals surface area (Å²) in [5.74, 6) is 0.419. The molecule has 0 saturated carbocycles. The lowest BCUT2D eigenvalue weighted by atomic mass is 10.1. The van der Waals surface area contributed by atoms with Crippen LogP contribution in [0.1, 0.15) is 23.2 Å². The third-order valence-electron chi connectivity index (χ3n) is 5.09. The van der Waals surface area contributed by atoms with Crippen LogP contribution in [0.3, 0.4) is 0 Å². The zero-order chi connectivity index (χ0) is 18.3. The standard InChI is InChI=1S/C20H22N4O2/c1-12-5-4-6-16(9-12)24-14(3)13(2)17-18(21-11-22-19(17)24)23-20(25)15-7-8-26-10-15/h4-6,9,11,15H,7-8,10H2,1-3H3,(H,21,22,23,25). The molecule has 134 valence electrons. The van der Waals surface area contributed by atoms with Crippen molar-refractivity contribution in [1.82, 2.24) is 14.5 Å². The van der Waals surface area contributed by atoms with Gasteiger partial charge in [-0.05, 0) is 50.5 Å². The Morgan fingerprint density at radius 1 is 1.27 bits per heavy atom. The molecule has 0 bridgehead atoms. The van der Waals surface area contributed by atoms with Gasteiger partial charge in [-0.15, -0.1) is 0 Å². The van der Waals surface area contributed by atoms with Gasteiger partial charge < -0.3 is 10.1 Å². The van der Waals surface area contributed by atoms with Crippen molar-refractivity contribution in [3.05, 3.63) is 47.4 Å². The number of rotatable bonds is 3. The van der Waals surface area contributed by atoms with Gasteiger partial charge in [0.05, 0.1) is 17.9 Å². The summed E-state index contributed by atoms with van der Waals surface area (Å²) in [6.07, 6.45) is 2.26. The predicted octanol–water partition coefficient (Wildman–Crippen LogP) is 3.32. The Morgan fingerprint density at radius 2 is 2.12 bits per heavy atom. The van der Waals surface area contributed by atoms with Crippen LogP contribution in [-0.2, 0) is 9.53 Å². The van der Waals surface area contributed by atoms with Gasteiger partial charge in [0.25, 0.3) is 0 Å². The molecule has 3 heterocycles. The second-order valence-electron chi connectivity index (χ2n) is 6.86. The van der Waals surface area contributed by atoms with Crippen molar-refractivity contribution in [3.63, 3.8) is 0 Å². The fraction of sp³-hybridized carbons (Fsp3) is 0.350. The van der Waals surface area contributed by atoms with E-state index in [0.717, 1.165) is 34.4 Å². The smallest absolute Gasteiger partial charge is 0.231 e. The highest BCUT2D eigenvalue weighted by atomic mass is 16.5. The molecule has 1 saturated heterocycles. The van der Waals surface area contributed by atoms with E-state index in [1.165, 1.54) is 11.9 Å². The van der Waals surface area contributed by atoms with E-state index >= 15 is 0 Å². The van der Waals surface area contributed by atoms with Gasteiger partial charge in [0.1, 0.15) is 12.1 Å². The molecule has 0 spiro atoms. The van der Waals surface area contributed by atoms with Gasteiger partial charge in [-0.3, -0.25) is 9.36 Å². The summed E-state index contributed by atoms with van der Waals surface area (Å²) in [6.45, 7) is 7.29. The highest BCUT2D eigenvalue weighted by Crippen LogP contribution is 2.31. The molecule has 3 aromatic rings. The Labute approximate surface area is 152 Å². The Hall–Kier alpha value is -2.73. The average molecular weight is 350 g/mol. The van der Waals surface area contributed by atoms with Crippen LogP contribution in [0.5, 0.6) is 0 Å². The first kappa shape index (κ1) is 16.7. The molecular weight excluding hydrogens is 328 g/mol. The second kappa shape index (κ2) is 6.53. The van der Waals surface area contributed by atoms with E-state index in [4.69, 9.17) is 4.74 Å². The summed E-state index contributed by atoms with van der Waals surface area (Å²) in [5, 5.41) is 3.88. The van der Waals surface area contributed by atoms with Crippen molar-refractivity contribution in [2.75, 3.05) is 18.5 Å². The number of hydrogen-bond acceptors (Lipinski definition) is 4. The van der Waals surface area contributed by atoms with E-state index in [-0.39, 0.29) is 11.8 Å². The van der Waals surface area contributed by atoms with Crippen molar-refractivity contribution < 1.29 is 9.53 Å². The van der Waals surface area contributed by atoms with E-state index in [0.29, 0.717) is 19.0 Å². The average Bonchev–Trinajstić information content (AvgIpc) is 3.24. The summed E-state index contributed by atoms with van der Waals surface area (Å²) in [4.78, 5) is 21.4. The molecule has 0 aliphatic carbocycles. The third-order valence-corrected chi connectivity index (χ3v) is 5.09. The van der Waals surface area contributed by atoms with Gasteiger partial charge in [0, 0.05) is 18.0 Å². The first-order chi connectivity index (χ1) is 12.6. The van der Waals surface area contributed by atoms with Gasteiger partial charge in [0.2, 0.25) is 5.91 Å².